The number of hydrogen-bond acceptors (Lipinski definition) is 7. The molecule has 2 unspecified atom stereocenters. The molecule has 2 aromatic carbocycles. The second-order valence-electron chi connectivity index (χ2n) is 14.1. The number of benzene rings is 2. The predicted molar refractivity (Wildman–Crippen MR) is 190 cm³/mol. The molecule has 7 heteroatoms. The molecule has 3 aliphatic rings. The Kier molecular flexibility index (Phi) is 11.8. The molecule has 1 aromatic heterocycles. The molecular weight excluding hydrogens is 584 g/mol. The van der Waals surface area contributed by atoms with Gasteiger partial charge in [0.1, 0.15) is 11.6 Å². The minimum absolute atomic E-state index is 0.0955. The Hall–Kier alpha value is -3.45. The summed E-state index contributed by atoms with van der Waals surface area (Å²) in [5.74, 6) is 2.28. The van der Waals surface area contributed by atoms with Crippen LogP contribution in [0.2, 0.25) is 0 Å². The Bertz CT molecular complexity index is 1500. The number of ketones is 1. The lowest BCUT2D eigenvalue weighted by Crippen LogP contribution is -2.31. The summed E-state index contributed by atoms with van der Waals surface area (Å²) < 4.78 is 6.31. The third-order valence-corrected chi connectivity index (χ3v) is 10.8. The van der Waals surface area contributed by atoms with Gasteiger partial charge in [0.2, 0.25) is 0 Å². The summed E-state index contributed by atoms with van der Waals surface area (Å²) in [5, 5.41) is 12.7. The molecule has 2 fully saturated rings. The van der Waals surface area contributed by atoms with Crippen LogP contribution >= 0.6 is 0 Å². The number of hydrogen-bond donors (Lipinski definition) is 1. The van der Waals surface area contributed by atoms with Crippen molar-refractivity contribution in [2.24, 2.45) is 11.8 Å². The van der Waals surface area contributed by atoms with Gasteiger partial charge in [-0.15, -0.1) is 0 Å². The highest BCUT2D eigenvalue weighted by atomic mass is 16.5. The van der Waals surface area contributed by atoms with Crippen molar-refractivity contribution in [1.29, 1.82) is 0 Å². The molecule has 6 rings (SSSR count). The van der Waals surface area contributed by atoms with Crippen molar-refractivity contribution in [3.63, 3.8) is 0 Å². The first-order valence-electron chi connectivity index (χ1n) is 18.4. The highest BCUT2D eigenvalue weighted by molar-refractivity contribution is 5.91. The van der Waals surface area contributed by atoms with E-state index in [1.807, 2.05) is 18.2 Å². The Morgan fingerprint density at radius 1 is 0.936 bits per heavy atom. The first-order chi connectivity index (χ1) is 23.1. The lowest BCUT2D eigenvalue weighted by molar-refractivity contribution is -0.118. The van der Waals surface area contributed by atoms with Crippen molar-refractivity contribution in [3.05, 3.63) is 65.9 Å². The van der Waals surface area contributed by atoms with Gasteiger partial charge in [0.15, 0.2) is 5.78 Å². The first-order valence-corrected chi connectivity index (χ1v) is 18.4. The zero-order valence-corrected chi connectivity index (χ0v) is 28.3. The van der Waals surface area contributed by atoms with E-state index >= 15 is 0 Å². The fourth-order valence-electron chi connectivity index (χ4n) is 8.12. The topological polar surface area (TPSA) is 78.8 Å². The molecule has 2 aliphatic heterocycles. The highest BCUT2D eigenvalue weighted by Crippen LogP contribution is 2.35. The Morgan fingerprint density at radius 3 is 2.60 bits per heavy atom. The Balaban J connectivity index is 1.16. The number of ether oxygens (including phenoxy) is 1. The summed E-state index contributed by atoms with van der Waals surface area (Å²) in [6, 6.07) is 12.7. The van der Waals surface area contributed by atoms with Crippen molar-refractivity contribution in [2.75, 3.05) is 44.2 Å². The zero-order valence-electron chi connectivity index (χ0n) is 28.3. The summed E-state index contributed by atoms with van der Waals surface area (Å²) in [6.07, 6.45) is 17.5. The average Bonchev–Trinajstić information content (AvgIpc) is 3.21. The van der Waals surface area contributed by atoms with Crippen LogP contribution in [-0.4, -0.2) is 65.1 Å². The monoisotopic (exact) mass is 638 g/mol. The highest BCUT2D eigenvalue weighted by Gasteiger charge is 2.26. The Labute approximate surface area is 281 Å². The standard InChI is InChI=1S/C40H54N4O3/c1-2-38(46)31-12-6-9-25-44(26-10-14-31)39-36-20-17-30(16-19-33-29-34(45)28-32-13-4-5-15-35(32)33)18-21-37(36)41-40(42-39)47-27-11-24-43-22-7-3-8-23-43/h2,4-5,13,15,28-31,45H,1,3,6-12,14,16-27H2. The molecule has 0 bridgehead atoms. The molecule has 0 amide bonds. The average molecular weight is 639 g/mol. The SMILES string of the molecule is C=CC(=O)C1CCCCN(c2nc(OCCCN3CCCCC3)nc3c2CCC(CCc2cc(O)cc4ccccc24)CC3)CCC1. The number of phenols is 1. The maximum absolute atomic E-state index is 12.5. The smallest absolute Gasteiger partial charge is 0.318 e. The molecule has 2 atom stereocenters. The van der Waals surface area contributed by atoms with Crippen molar-refractivity contribution < 1.29 is 14.6 Å². The van der Waals surface area contributed by atoms with Gasteiger partial charge in [-0.1, -0.05) is 43.7 Å². The van der Waals surface area contributed by atoms with Crippen LogP contribution < -0.4 is 9.64 Å². The fourth-order valence-corrected chi connectivity index (χ4v) is 8.12. The van der Waals surface area contributed by atoms with Gasteiger partial charge in [-0.2, -0.15) is 9.97 Å². The first kappa shape index (κ1) is 33.5. The number of piperidine rings is 1. The van der Waals surface area contributed by atoms with Crippen molar-refractivity contribution in [2.45, 2.75) is 96.3 Å². The molecule has 2 saturated heterocycles. The van der Waals surface area contributed by atoms with Crippen LogP contribution in [0.1, 0.15) is 93.9 Å². The maximum Gasteiger partial charge on any atom is 0.318 e. The van der Waals surface area contributed by atoms with Gasteiger partial charge in [0, 0.05) is 31.1 Å². The van der Waals surface area contributed by atoms with E-state index < -0.39 is 0 Å². The summed E-state index contributed by atoms with van der Waals surface area (Å²) in [7, 11) is 0. The minimum Gasteiger partial charge on any atom is -0.508 e. The lowest BCUT2D eigenvalue weighted by atomic mass is 9.91. The Morgan fingerprint density at radius 2 is 1.72 bits per heavy atom. The van der Waals surface area contributed by atoms with Crippen LogP contribution in [0.3, 0.4) is 0 Å². The maximum atomic E-state index is 12.5. The van der Waals surface area contributed by atoms with E-state index in [4.69, 9.17) is 14.7 Å². The molecule has 3 heterocycles. The van der Waals surface area contributed by atoms with E-state index in [2.05, 4.69) is 34.6 Å². The number of fused-ring (bicyclic) bond motifs is 2. The quantitative estimate of drug-likeness (QED) is 0.130. The molecule has 0 spiro atoms. The molecule has 0 radical (unpaired) electrons. The van der Waals surface area contributed by atoms with Gasteiger partial charge in [0.05, 0.1) is 12.3 Å². The molecule has 47 heavy (non-hydrogen) atoms. The van der Waals surface area contributed by atoms with E-state index in [1.165, 1.54) is 54.9 Å². The molecule has 3 aromatic rings. The van der Waals surface area contributed by atoms with Crippen LogP contribution in [-0.2, 0) is 24.1 Å². The molecule has 1 N–H and O–H groups in total. The zero-order chi connectivity index (χ0) is 32.4. The minimum atomic E-state index is 0.0955. The number of aryl methyl sites for hydroxylation is 2. The van der Waals surface area contributed by atoms with E-state index in [9.17, 15) is 9.90 Å². The number of rotatable bonds is 11. The summed E-state index contributed by atoms with van der Waals surface area (Å²) in [4.78, 5) is 27.7. The van der Waals surface area contributed by atoms with Crippen molar-refractivity contribution in [1.82, 2.24) is 14.9 Å². The van der Waals surface area contributed by atoms with Crippen molar-refractivity contribution in [3.8, 4) is 11.8 Å². The van der Waals surface area contributed by atoms with E-state index in [0.717, 1.165) is 114 Å². The molecule has 0 saturated carbocycles. The van der Waals surface area contributed by atoms with Gasteiger partial charge >= 0.3 is 6.01 Å². The molecule has 7 nitrogen and oxygen atoms in total. The number of allylic oxidation sites excluding steroid dienone is 1. The van der Waals surface area contributed by atoms with Crippen LogP contribution in [0.4, 0.5) is 5.82 Å². The van der Waals surface area contributed by atoms with Crippen LogP contribution in [0.25, 0.3) is 10.8 Å². The number of nitrogens with zero attached hydrogens (tertiary/aromatic N) is 4. The molecular formula is C40H54N4O3. The van der Waals surface area contributed by atoms with Gasteiger partial charge in [-0.05, 0) is 137 Å². The second kappa shape index (κ2) is 16.6. The number of aromatic nitrogens is 2. The fraction of sp³-hybridized carbons (Fsp3) is 0.575. The van der Waals surface area contributed by atoms with E-state index in [0.29, 0.717) is 24.3 Å². The normalized spacial score (nSPS) is 21.2. The number of carbonyl (C=O) groups is 1. The molecule has 1 aliphatic carbocycles. The summed E-state index contributed by atoms with van der Waals surface area (Å²) >= 11 is 0. The third kappa shape index (κ3) is 8.92. The van der Waals surface area contributed by atoms with Gasteiger partial charge in [0.25, 0.3) is 0 Å². The summed E-state index contributed by atoms with van der Waals surface area (Å²) in [6.45, 7) is 9.71. The number of phenolic OH excluding ortho intramolecular Hbond substituents is 1. The van der Waals surface area contributed by atoms with Crippen LogP contribution in [0.5, 0.6) is 11.8 Å². The number of anilines is 1. The third-order valence-electron chi connectivity index (χ3n) is 10.8. The number of likely N-dealkylation sites (tertiary alicyclic amines) is 1. The number of aromatic hydroxyl groups is 1. The lowest BCUT2D eigenvalue weighted by Gasteiger charge is -2.27. The van der Waals surface area contributed by atoms with E-state index in [-0.39, 0.29) is 11.7 Å². The molecule has 252 valence electrons. The van der Waals surface area contributed by atoms with Gasteiger partial charge < -0.3 is 19.6 Å². The summed E-state index contributed by atoms with van der Waals surface area (Å²) in [5.41, 5.74) is 3.69. The van der Waals surface area contributed by atoms with Gasteiger partial charge in [-0.3, -0.25) is 4.79 Å². The van der Waals surface area contributed by atoms with Crippen LogP contribution in [0, 0.1) is 11.8 Å². The van der Waals surface area contributed by atoms with Gasteiger partial charge in [-0.25, -0.2) is 0 Å². The second-order valence-corrected chi connectivity index (χ2v) is 14.1. The largest absolute Gasteiger partial charge is 0.508 e. The van der Waals surface area contributed by atoms with Crippen molar-refractivity contribution >= 4 is 22.4 Å². The predicted octanol–water partition coefficient (Wildman–Crippen LogP) is 7.86. The van der Waals surface area contributed by atoms with E-state index in [1.54, 1.807) is 0 Å². The number of carbonyl (C=O) groups excluding carboxylic acids is 1. The van der Waals surface area contributed by atoms with Crippen LogP contribution in [0.15, 0.2) is 49.1 Å².